The quantitative estimate of drug-likeness (QED) is 0.827. The van der Waals surface area contributed by atoms with Crippen molar-refractivity contribution in [2.75, 3.05) is 26.2 Å². The van der Waals surface area contributed by atoms with Gasteiger partial charge in [-0.1, -0.05) is 18.2 Å². The smallest absolute Gasteiger partial charge is 0.233 e. The van der Waals surface area contributed by atoms with E-state index in [2.05, 4.69) is 0 Å². The number of ether oxygens (including phenoxy) is 1. The SMILES string of the molecule is CC(C(=O)N1CCC(OCCCN)CC1)c1cc2ccccc2o1. The Morgan fingerprint density at radius 1 is 1.38 bits per heavy atom. The van der Waals surface area contributed by atoms with E-state index < -0.39 is 0 Å². The summed E-state index contributed by atoms with van der Waals surface area (Å²) in [5.74, 6) is 0.615. The van der Waals surface area contributed by atoms with Crippen molar-refractivity contribution in [1.29, 1.82) is 0 Å². The zero-order valence-electron chi connectivity index (χ0n) is 14.2. The first-order valence-corrected chi connectivity index (χ1v) is 8.78. The fraction of sp³-hybridized carbons (Fsp3) is 0.526. The van der Waals surface area contributed by atoms with Gasteiger partial charge >= 0.3 is 0 Å². The lowest BCUT2D eigenvalue weighted by Crippen LogP contribution is -2.42. The maximum Gasteiger partial charge on any atom is 0.233 e. The molecule has 2 N–H and O–H groups in total. The molecular formula is C19H26N2O3. The second-order valence-corrected chi connectivity index (χ2v) is 6.45. The summed E-state index contributed by atoms with van der Waals surface area (Å²) in [5.41, 5.74) is 6.31. The maximum absolute atomic E-state index is 12.8. The van der Waals surface area contributed by atoms with Gasteiger partial charge in [0.2, 0.25) is 5.91 Å². The van der Waals surface area contributed by atoms with E-state index >= 15 is 0 Å². The molecular weight excluding hydrogens is 304 g/mol. The summed E-state index contributed by atoms with van der Waals surface area (Å²) in [6, 6.07) is 9.82. The van der Waals surface area contributed by atoms with E-state index in [1.165, 1.54) is 0 Å². The molecule has 0 bridgehead atoms. The molecule has 130 valence electrons. The summed E-state index contributed by atoms with van der Waals surface area (Å²) in [5, 5.41) is 1.04. The first kappa shape index (κ1) is 17.0. The standard InChI is InChI=1S/C19H26N2O3/c1-14(18-13-15-5-2-3-6-17(15)24-18)19(22)21-10-7-16(8-11-21)23-12-4-9-20/h2-3,5-6,13-14,16H,4,7-12,20H2,1H3. The third-order valence-electron chi connectivity index (χ3n) is 4.70. The predicted octanol–water partition coefficient (Wildman–Crippen LogP) is 2.89. The van der Waals surface area contributed by atoms with Crippen molar-refractivity contribution in [3.63, 3.8) is 0 Å². The van der Waals surface area contributed by atoms with Crippen LogP contribution in [0.1, 0.15) is 37.9 Å². The van der Waals surface area contributed by atoms with E-state index in [0.29, 0.717) is 13.2 Å². The number of carbonyl (C=O) groups is 1. The number of benzene rings is 1. The van der Waals surface area contributed by atoms with Gasteiger partial charge in [0.15, 0.2) is 0 Å². The van der Waals surface area contributed by atoms with Crippen molar-refractivity contribution >= 4 is 16.9 Å². The van der Waals surface area contributed by atoms with Crippen LogP contribution in [0.5, 0.6) is 0 Å². The van der Waals surface area contributed by atoms with Crippen LogP contribution in [-0.2, 0) is 9.53 Å². The molecule has 0 spiro atoms. The molecule has 24 heavy (non-hydrogen) atoms. The Labute approximate surface area is 142 Å². The third-order valence-corrected chi connectivity index (χ3v) is 4.70. The van der Waals surface area contributed by atoms with Gasteiger partial charge in [-0.05, 0) is 44.9 Å². The number of nitrogens with two attached hydrogens (primary N) is 1. The van der Waals surface area contributed by atoms with Crippen molar-refractivity contribution in [3.05, 3.63) is 36.1 Å². The highest BCUT2D eigenvalue weighted by atomic mass is 16.5. The molecule has 1 fully saturated rings. The lowest BCUT2D eigenvalue weighted by molar-refractivity contribution is -0.135. The molecule has 2 aromatic rings. The van der Waals surface area contributed by atoms with Crippen LogP contribution in [0.3, 0.4) is 0 Å². The molecule has 1 atom stereocenters. The molecule has 1 aliphatic heterocycles. The van der Waals surface area contributed by atoms with Crippen molar-refractivity contribution in [3.8, 4) is 0 Å². The Morgan fingerprint density at radius 2 is 2.12 bits per heavy atom. The number of carbonyl (C=O) groups excluding carboxylic acids is 1. The highest BCUT2D eigenvalue weighted by molar-refractivity contribution is 5.85. The van der Waals surface area contributed by atoms with Gasteiger partial charge in [-0.15, -0.1) is 0 Å². The van der Waals surface area contributed by atoms with Crippen LogP contribution in [0.15, 0.2) is 34.7 Å². The predicted molar refractivity (Wildman–Crippen MR) is 93.9 cm³/mol. The van der Waals surface area contributed by atoms with Crippen LogP contribution in [0, 0.1) is 0 Å². The Bertz CT molecular complexity index is 641. The lowest BCUT2D eigenvalue weighted by Gasteiger charge is -2.33. The number of likely N-dealkylation sites (tertiary alicyclic amines) is 1. The minimum absolute atomic E-state index is 0.134. The van der Waals surface area contributed by atoms with Gasteiger partial charge in [-0.2, -0.15) is 0 Å². The molecule has 3 rings (SSSR count). The topological polar surface area (TPSA) is 68.7 Å². The number of piperidine rings is 1. The minimum atomic E-state index is -0.257. The molecule has 5 heteroatoms. The second-order valence-electron chi connectivity index (χ2n) is 6.45. The number of hydrogen-bond donors (Lipinski definition) is 1. The Kier molecular flexibility index (Phi) is 5.53. The van der Waals surface area contributed by atoms with Gasteiger partial charge in [0.05, 0.1) is 12.0 Å². The van der Waals surface area contributed by atoms with Crippen LogP contribution >= 0.6 is 0 Å². The molecule has 1 amide bonds. The highest BCUT2D eigenvalue weighted by Crippen LogP contribution is 2.27. The Morgan fingerprint density at radius 3 is 2.83 bits per heavy atom. The monoisotopic (exact) mass is 330 g/mol. The fourth-order valence-corrected chi connectivity index (χ4v) is 3.19. The number of para-hydroxylation sites is 1. The summed E-state index contributed by atoms with van der Waals surface area (Å²) in [6.07, 6.45) is 2.93. The first-order chi connectivity index (χ1) is 11.7. The summed E-state index contributed by atoms with van der Waals surface area (Å²) >= 11 is 0. The maximum atomic E-state index is 12.8. The van der Waals surface area contributed by atoms with Crippen molar-refractivity contribution in [2.24, 2.45) is 5.73 Å². The van der Waals surface area contributed by atoms with Gasteiger partial charge in [-0.25, -0.2) is 0 Å². The molecule has 1 aliphatic rings. The van der Waals surface area contributed by atoms with E-state index in [1.54, 1.807) is 0 Å². The summed E-state index contributed by atoms with van der Waals surface area (Å²) in [7, 11) is 0. The average Bonchev–Trinajstić information content (AvgIpc) is 3.05. The average molecular weight is 330 g/mol. The van der Waals surface area contributed by atoms with Crippen LogP contribution in [0.4, 0.5) is 0 Å². The van der Waals surface area contributed by atoms with Crippen LogP contribution in [0.25, 0.3) is 11.0 Å². The van der Waals surface area contributed by atoms with Crippen molar-refractivity contribution in [2.45, 2.75) is 38.2 Å². The molecule has 1 saturated heterocycles. The fourth-order valence-electron chi connectivity index (χ4n) is 3.19. The molecule has 0 radical (unpaired) electrons. The van der Waals surface area contributed by atoms with Gasteiger partial charge in [0.1, 0.15) is 11.3 Å². The van der Waals surface area contributed by atoms with Crippen molar-refractivity contribution < 1.29 is 13.9 Å². The largest absolute Gasteiger partial charge is 0.460 e. The zero-order chi connectivity index (χ0) is 16.9. The van der Waals surface area contributed by atoms with Gasteiger partial charge in [0, 0.05) is 25.1 Å². The van der Waals surface area contributed by atoms with E-state index in [4.69, 9.17) is 14.9 Å². The third kappa shape index (κ3) is 3.79. The lowest BCUT2D eigenvalue weighted by atomic mass is 10.0. The number of rotatable bonds is 6. The molecule has 2 heterocycles. The number of furan rings is 1. The Hall–Kier alpha value is -1.85. The molecule has 0 saturated carbocycles. The zero-order valence-corrected chi connectivity index (χ0v) is 14.2. The Balaban J connectivity index is 1.56. The number of nitrogens with zero attached hydrogens (tertiary/aromatic N) is 1. The first-order valence-electron chi connectivity index (χ1n) is 8.78. The van der Waals surface area contributed by atoms with Gasteiger partial charge < -0.3 is 19.8 Å². The van der Waals surface area contributed by atoms with Gasteiger partial charge in [-0.3, -0.25) is 4.79 Å². The van der Waals surface area contributed by atoms with Gasteiger partial charge in [0.25, 0.3) is 0 Å². The van der Waals surface area contributed by atoms with E-state index in [9.17, 15) is 4.79 Å². The van der Waals surface area contributed by atoms with E-state index in [0.717, 1.165) is 49.1 Å². The molecule has 1 unspecified atom stereocenters. The normalized spacial score (nSPS) is 17.3. The summed E-state index contributed by atoms with van der Waals surface area (Å²) in [4.78, 5) is 14.7. The highest BCUT2D eigenvalue weighted by Gasteiger charge is 2.28. The molecule has 5 nitrogen and oxygen atoms in total. The van der Waals surface area contributed by atoms with E-state index in [-0.39, 0.29) is 17.9 Å². The number of fused-ring (bicyclic) bond motifs is 1. The number of amides is 1. The minimum Gasteiger partial charge on any atom is -0.460 e. The molecule has 0 aliphatic carbocycles. The summed E-state index contributed by atoms with van der Waals surface area (Å²) < 4.78 is 11.6. The summed E-state index contributed by atoms with van der Waals surface area (Å²) in [6.45, 7) is 4.79. The second kappa shape index (κ2) is 7.81. The van der Waals surface area contributed by atoms with Crippen LogP contribution in [0.2, 0.25) is 0 Å². The van der Waals surface area contributed by atoms with Crippen molar-refractivity contribution in [1.82, 2.24) is 4.90 Å². The van der Waals surface area contributed by atoms with Crippen LogP contribution < -0.4 is 5.73 Å². The van der Waals surface area contributed by atoms with Crippen LogP contribution in [-0.4, -0.2) is 43.2 Å². The number of hydrogen-bond acceptors (Lipinski definition) is 4. The van der Waals surface area contributed by atoms with E-state index in [1.807, 2.05) is 42.2 Å². The molecule has 1 aromatic carbocycles. The molecule has 1 aromatic heterocycles.